The first kappa shape index (κ1) is 18.9. The smallest absolute Gasteiger partial charge is 0.373 e. The number of allylic oxidation sites excluding steroid dienone is 2. The van der Waals surface area contributed by atoms with E-state index >= 15 is 0 Å². The van der Waals surface area contributed by atoms with Gasteiger partial charge in [-0.05, 0) is 44.9 Å². The molecule has 0 aromatic heterocycles. The number of hydrogen-bond acceptors (Lipinski definition) is 3. The predicted octanol–water partition coefficient (Wildman–Crippen LogP) is 5.10. The Labute approximate surface area is 132 Å². The molecule has 1 rings (SSSR count). The molecule has 3 nitrogen and oxygen atoms in total. The van der Waals surface area contributed by atoms with Crippen molar-refractivity contribution in [1.82, 2.24) is 0 Å². The van der Waals surface area contributed by atoms with Crippen LogP contribution in [0, 0.1) is 0 Å². The van der Waals surface area contributed by atoms with Gasteiger partial charge < -0.3 is 13.3 Å². The molecule has 0 saturated carbocycles. The van der Waals surface area contributed by atoms with Crippen molar-refractivity contribution in [2.24, 2.45) is 0 Å². The van der Waals surface area contributed by atoms with E-state index in [9.17, 15) is 0 Å². The highest BCUT2D eigenvalue weighted by molar-refractivity contribution is 6.63. The van der Waals surface area contributed by atoms with E-state index in [1.807, 2.05) is 0 Å². The van der Waals surface area contributed by atoms with Gasteiger partial charge in [-0.2, -0.15) is 0 Å². The third-order valence-electron chi connectivity index (χ3n) is 3.93. The van der Waals surface area contributed by atoms with E-state index in [1.54, 1.807) is 0 Å². The maximum absolute atomic E-state index is 6.25. The zero-order valence-electron chi connectivity index (χ0n) is 14.5. The van der Waals surface area contributed by atoms with Crippen LogP contribution in [0.3, 0.4) is 0 Å². The lowest BCUT2D eigenvalue weighted by molar-refractivity contribution is 0.0535. The summed E-state index contributed by atoms with van der Waals surface area (Å²) in [6.45, 7) is 10.9. The fourth-order valence-corrected chi connectivity index (χ4v) is 5.90. The molecule has 0 amide bonds. The van der Waals surface area contributed by atoms with E-state index in [1.165, 1.54) is 31.3 Å². The van der Waals surface area contributed by atoms with Gasteiger partial charge in [0.2, 0.25) is 0 Å². The SMILES string of the molecule is CCCO[Si](OCCC)(OCCC)C(C)C1=CCCCC1. The topological polar surface area (TPSA) is 27.7 Å². The molecule has 21 heavy (non-hydrogen) atoms. The third kappa shape index (κ3) is 5.85. The molecule has 0 aromatic carbocycles. The Bertz CT molecular complexity index is 283. The monoisotopic (exact) mass is 314 g/mol. The second-order valence-electron chi connectivity index (χ2n) is 5.90. The molecular weight excluding hydrogens is 280 g/mol. The summed E-state index contributed by atoms with van der Waals surface area (Å²) in [6, 6.07) is 0. The van der Waals surface area contributed by atoms with Gasteiger partial charge in [-0.25, -0.2) is 0 Å². The Morgan fingerprint density at radius 3 is 1.86 bits per heavy atom. The van der Waals surface area contributed by atoms with Gasteiger partial charge in [-0.15, -0.1) is 0 Å². The molecule has 0 fully saturated rings. The van der Waals surface area contributed by atoms with Crippen molar-refractivity contribution in [1.29, 1.82) is 0 Å². The second kappa shape index (κ2) is 10.5. The molecular formula is C17H34O3Si. The van der Waals surface area contributed by atoms with E-state index in [4.69, 9.17) is 13.3 Å². The average molecular weight is 315 g/mol. The van der Waals surface area contributed by atoms with Crippen molar-refractivity contribution in [3.8, 4) is 0 Å². The van der Waals surface area contributed by atoms with Crippen LogP contribution in [-0.4, -0.2) is 28.6 Å². The van der Waals surface area contributed by atoms with Crippen LogP contribution < -0.4 is 0 Å². The molecule has 0 heterocycles. The van der Waals surface area contributed by atoms with Gasteiger partial charge in [0.25, 0.3) is 0 Å². The summed E-state index contributed by atoms with van der Waals surface area (Å²) in [5, 5.41) is 0. The molecule has 0 bridgehead atoms. The molecule has 0 aliphatic heterocycles. The van der Waals surface area contributed by atoms with E-state index in [2.05, 4.69) is 33.8 Å². The fraction of sp³-hybridized carbons (Fsp3) is 0.882. The van der Waals surface area contributed by atoms with Crippen LogP contribution >= 0.6 is 0 Å². The van der Waals surface area contributed by atoms with Crippen LogP contribution in [0.4, 0.5) is 0 Å². The van der Waals surface area contributed by atoms with Crippen LogP contribution in [0.5, 0.6) is 0 Å². The van der Waals surface area contributed by atoms with Crippen LogP contribution in [0.15, 0.2) is 11.6 Å². The quantitative estimate of drug-likeness (QED) is 0.392. The lowest BCUT2D eigenvalue weighted by atomic mass is 9.98. The zero-order valence-corrected chi connectivity index (χ0v) is 15.5. The normalized spacial score (nSPS) is 17.6. The highest BCUT2D eigenvalue weighted by atomic mass is 28.4. The summed E-state index contributed by atoms with van der Waals surface area (Å²) in [4.78, 5) is 0. The number of rotatable bonds is 11. The van der Waals surface area contributed by atoms with Crippen molar-refractivity contribution in [3.05, 3.63) is 11.6 Å². The van der Waals surface area contributed by atoms with Gasteiger partial charge in [-0.3, -0.25) is 0 Å². The molecule has 124 valence electrons. The minimum Gasteiger partial charge on any atom is -0.373 e. The Hall–Kier alpha value is -0.163. The van der Waals surface area contributed by atoms with Gasteiger partial charge >= 0.3 is 8.80 Å². The van der Waals surface area contributed by atoms with Crippen molar-refractivity contribution in [2.45, 2.75) is 78.2 Å². The number of hydrogen-bond donors (Lipinski definition) is 0. The standard InChI is InChI=1S/C17H34O3Si/c1-5-13-18-21(19-14-6-2,20-15-7-3)16(4)17-11-9-8-10-12-17/h11,16H,5-10,12-15H2,1-4H3. The van der Waals surface area contributed by atoms with Crippen molar-refractivity contribution >= 4 is 8.80 Å². The lowest BCUT2D eigenvalue weighted by Crippen LogP contribution is -2.50. The Balaban J connectivity index is 2.89. The molecule has 1 atom stereocenters. The highest BCUT2D eigenvalue weighted by Crippen LogP contribution is 2.37. The maximum atomic E-state index is 6.25. The summed E-state index contributed by atoms with van der Waals surface area (Å²) >= 11 is 0. The summed E-state index contributed by atoms with van der Waals surface area (Å²) in [6.07, 6.45) is 10.4. The predicted molar refractivity (Wildman–Crippen MR) is 90.5 cm³/mol. The van der Waals surface area contributed by atoms with Crippen LogP contribution in [-0.2, 0) is 13.3 Å². The lowest BCUT2D eigenvalue weighted by Gasteiger charge is -2.36. The molecule has 1 unspecified atom stereocenters. The van der Waals surface area contributed by atoms with Gasteiger partial charge in [0.05, 0.1) is 0 Å². The van der Waals surface area contributed by atoms with E-state index < -0.39 is 8.80 Å². The largest absolute Gasteiger partial charge is 0.508 e. The maximum Gasteiger partial charge on any atom is 0.508 e. The molecule has 0 spiro atoms. The highest BCUT2D eigenvalue weighted by Gasteiger charge is 2.48. The zero-order chi connectivity index (χ0) is 15.6. The van der Waals surface area contributed by atoms with Gasteiger partial charge in [0.15, 0.2) is 0 Å². The summed E-state index contributed by atoms with van der Waals surface area (Å²) < 4.78 is 18.8. The van der Waals surface area contributed by atoms with E-state index in [0.29, 0.717) is 5.54 Å². The molecule has 0 aromatic rings. The first-order chi connectivity index (χ1) is 10.2. The second-order valence-corrected chi connectivity index (χ2v) is 8.83. The molecule has 1 aliphatic rings. The summed E-state index contributed by atoms with van der Waals surface area (Å²) in [5.74, 6) is 0. The Morgan fingerprint density at radius 2 is 1.48 bits per heavy atom. The first-order valence-corrected chi connectivity index (χ1v) is 10.6. The van der Waals surface area contributed by atoms with Crippen LogP contribution in [0.25, 0.3) is 0 Å². The van der Waals surface area contributed by atoms with E-state index in [0.717, 1.165) is 39.1 Å². The minimum atomic E-state index is -2.62. The average Bonchev–Trinajstić information content (AvgIpc) is 2.55. The molecule has 4 heteroatoms. The van der Waals surface area contributed by atoms with Crippen molar-refractivity contribution in [3.63, 3.8) is 0 Å². The van der Waals surface area contributed by atoms with Crippen LogP contribution in [0.2, 0.25) is 5.54 Å². The molecule has 0 saturated heterocycles. The van der Waals surface area contributed by atoms with Crippen LogP contribution in [0.1, 0.15) is 72.6 Å². The van der Waals surface area contributed by atoms with Crippen molar-refractivity contribution < 1.29 is 13.3 Å². The third-order valence-corrected chi connectivity index (χ3v) is 7.19. The summed E-state index contributed by atoms with van der Waals surface area (Å²) in [7, 11) is -2.62. The molecule has 0 N–H and O–H groups in total. The molecule has 1 aliphatic carbocycles. The minimum absolute atomic E-state index is 0.294. The summed E-state index contributed by atoms with van der Waals surface area (Å²) in [5.41, 5.74) is 1.79. The van der Waals surface area contributed by atoms with Crippen molar-refractivity contribution in [2.75, 3.05) is 19.8 Å². The van der Waals surface area contributed by atoms with Gasteiger partial charge in [-0.1, -0.05) is 39.3 Å². The molecule has 0 radical (unpaired) electrons. The van der Waals surface area contributed by atoms with E-state index in [-0.39, 0.29) is 0 Å². The Kier molecular flexibility index (Phi) is 9.48. The first-order valence-electron chi connectivity index (χ1n) is 8.80. The van der Waals surface area contributed by atoms with Gasteiger partial charge in [0.1, 0.15) is 0 Å². The van der Waals surface area contributed by atoms with Gasteiger partial charge in [0, 0.05) is 25.4 Å². The fourth-order valence-electron chi connectivity index (χ4n) is 2.72. The Morgan fingerprint density at radius 1 is 0.952 bits per heavy atom.